The number of hydrogen-bond donors (Lipinski definition) is 0. The Hall–Kier alpha value is -1.59. The topological polar surface area (TPSA) is 40.6 Å². The van der Waals surface area contributed by atoms with Crippen LogP contribution >= 0.6 is 23.2 Å². The lowest BCUT2D eigenvalue weighted by atomic mass is 10.2. The molecule has 1 saturated heterocycles. The van der Waals surface area contributed by atoms with Gasteiger partial charge in [-0.1, -0.05) is 36.0 Å². The molecule has 1 aromatic rings. The summed E-state index contributed by atoms with van der Waals surface area (Å²) in [4.78, 5) is 27.9. The summed E-state index contributed by atoms with van der Waals surface area (Å²) in [7, 11) is 0. The van der Waals surface area contributed by atoms with Gasteiger partial charge >= 0.3 is 0 Å². The molecule has 2 aliphatic heterocycles. The predicted molar refractivity (Wildman–Crippen MR) is 86.8 cm³/mol. The van der Waals surface area contributed by atoms with Gasteiger partial charge in [0.15, 0.2) is 0 Å². The fraction of sp³-hybridized carbons (Fsp3) is 0.375. The molecule has 0 radical (unpaired) electrons. The third-order valence-corrected chi connectivity index (χ3v) is 4.72. The molecular weight excluding hydrogens is 342 g/mol. The highest BCUT2D eigenvalue weighted by molar-refractivity contribution is 6.52. The van der Waals surface area contributed by atoms with Gasteiger partial charge < -0.3 is 4.90 Å². The van der Waals surface area contributed by atoms with Crippen molar-refractivity contribution >= 4 is 40.7 Å². The van der Waals surface area contributed by atoms with Gasteiger partial charge in [-0.2, -0.15) is 0 Å². The summed E-state index contributed by atoms with van der Waals surface area (Å²) in [6.07, 6.45) is 4.11. The minimum atomic E-state index is -0.610. The molecule has 7 heteroatoms. The van der Waals surface area contributed by atoms with Crippen molar-refractivity contribution in [3.63, 3.8) is 0 Å². The lowest BCUT2D eigenvalue weighted by Gasteiger charge is -2.23. The third-order valence-electron chi connectivity index (χ3n) is 4.09. The van der Waals surface area contributed by atoms with Crippen LogP contribution in [0.3, 0.4) is 0 Å². The number of likely N-dealkylation sites (tertiary alicyclic amines) is 1. The minimum Gasteiger partial charge on any atom is -0.366 e. The number of carbonyl (C=O) groups is 2. The Morgan fingerprint density at radius 1 is 0.957 bits per heavy atom. The maximum Gasteiger partial charge on any atom is 0.283 e. The third kappa shape index (κ3) is 2.95. The molecule has 0 aromatic heterocycles. The first-order valence-corrected chi connectivity index (χ1v) is 8.25. The van der Waals surface area contributed by atoms with Gasteiger partial charge in [0.2, 0.25) is 0 Å². The second-order valence-electron chi connectivity index (χ2n) is 5.61. The van der Waals surface area contributed by atoms with Crippen molar-refractivity contribution < 1.29 is 14.0 Å². The molecule has 0 spiro atoms. The van der Waals surface area contributed by atoms with Gasteiger partial charge in [0.1, 0.15) is 16.5 Å². The van der Waals surface area contributed by atoms with Crippen LogP contribution in [-0.4, -0.2) is 29.8 Å². The van der Waals surface area contributed by atoms with Gasteiger partial charge in [-0.15, -0.1) is 0 Å². The molecule has 1 fully saturated rings. The zero-order chi connectivity index (χ0) is 16.6. The van der Waals surface area contributed by atoms with Crippen LogP contribution in [-0.2, 0) is 9.59 Å². The Labute approximate surface area is 143 Å². The van der Waals surface area contributed by atoms with E-state index in [1.807, 2.05) is 4.90 Å². The van der Waals surface area contributed by atoms with Crippen LogP contribution < -0.4 is 4.90 Å². The van der Waals surface area contributed by atoms with Crippen LogP contribution in [0.15, 0.2) is 28.9 Å². The number of amides is 2. The number of carbonyl (C=O) groups excluding carboxylic acids is 2. The number of rotatable bonds is 2. The van der Waals surface area contributed by atoms with Gasteiger partial charge in [-0.05, 0) is 31.0 Å². The zero-order valence-corrected chi connectivity index (χ0v) is 13.8. The molecule has 2 aliphatic rings. The first-order valence-electron chi connectivity index (χ1n) is 7.49. The molecule has 3 rings (SSSR count). The smallest absolute Gasteiger partial charge is 0.283 e. The molecule has 1 aromatic carbocycles. The SMILES string of the molecule is O=C1C(Cl)=C(N2CCCCCC2)C(=O)N1c1ccc(F)c(Cl)c1. The first kappa shape index (κ1) is 16.3. The van der Waals surface area contributed by atoms with E-state index in [9.17, 15) is 14.0 Å². The number of anilines is 1. The molecule has 4 nitrogen and oxygen atoms in total. The summed E-state index contributed by atoms with van der Waals surface area (Å²) in [6.45, 7) is 1.39. The van der Waals surface area contributed by atoms with Crippen LogP contribution in [0.4, 0.5) is 10.1 Å². The second kappa shape index (κ2) is 6.49. The first-order chi connectivity index (χ1) is 11.0. The summed E-state index contributed by atoms with van der Waals surface area (Å²) in [5, 5.41) is -0.236. The van der Waals surface area contributed by atoms with Crippen LogP contribution in [0, 0.1) is 5.82 Å². The summed E-state index contributed by atoms with van der Waals surface area (Å²) in [5.41, 5.74) is 0.452. The molecule has 0 atom stereocenters. The normalized spacial score (nSPS) is 19.6. The van der Waals surface area contributed by atoms with E-state index >= 15 is 0 Å². The van der Waals surface area contributed by atoms with Crippen molar-refractivity contribution in [2.75, 3.05) is 18.0 Å². The van der Waals surface area contributed by atoms with Crippen molar-refractivity contribution in [1.29, 1.82) is 0 Å². The van der Waals surface area contributed by atoms with Crippen molar-refractivity contribution in [1.82, 2.24) is 4.90 Å². The lowest BCUT2D eigenvalue weighted by molar-refractivity contribution is -0.121. The van der Waals surface area contributed by atoms with E-state index in [-0.39, 0.29) is 21.4 Å². The molecule has 0 unspecified atom stereocenters. The summed E-state index contributed by atoms with van der Waals surface area (Å²) >= 11 is 11.9. The van der Waals surface area contributed by atoms with Gasteiger partial charge in [0.05, 0.1) is 10.7 Å². The molecule has 0 bridgehead atoms. The summed E-state index contributed by atoms with van der Waals surface area (Å²) in [5.74, 6) is -1.69. The van der Waals surface area contributed by atoms with Crippen molar-refractivity contribution in [3.05, 3.63) is 39.8 Å². The van der Waals surface area contributed by atoms with E-state index in [2.05, 4.69) is 0 Å². The molecule has 0 N–H and O–H groups in total. The Kier molecular flexibility index (Phi) is 4.60. The van der Waals surface area contributed by atoms with Gasteiger partial charge in [0.25, 0.3) is 11.8 Å². The second-order valence-corrected chi connectivity index (χ2v) is 6.39. The highest BCUT2D eigenvalue weighted by Crippen LogP contribution is 2.33. The van der Waals surface area contributed by atoms with Gasteiger partial charge in [0, 0.05) is 13.1 Å². The molecule has 2 amide bonds. The Morgan fingerprint density at radius 2 is 1.61 bits per heavy atom. The molecular formula is C16H15Cl2FN2O2. The monoisotopic (exact) mass is 356 g/mol. The average Bonchev–Trinajstić information content (AvgIpc) is 2.72. The molecule has 23 heavy (non-hydrogen) atoms. The fourth-order valence-corrected chi connectivity index (χ4v) is 3.38. The van der Waals surface area contributed by atoms with E-state index in [0.717, 1.165) is 36.6 Å². The molecule has 2 heterocycles. The van der Waals surface area contributed by atoms with E-state index in [4.69, 9.17) is 23.2 Å². The van der Waals surface area contributed by atoms with E-state index < -0.39 is 17.6 Å². The van der Waals surface area contributed by atoms with Gasteiger partial charge in [-0.25, -0.2) is 9.29 Å². The predicted octanol–water partition coefficient (Wildman–Crippen LogP) is 3.68. The fourth-order valence-electron chi connectivity index (χ4n) is 2.92. The van der Waals surface area contributed by atoms with Crippen LogP contribution in [0.2, 0.25) is 5.02 Å². The Morgan fingerprint density at radius 3 is 2.22 bits per heavy atom. The Balaban J connectivity index is 1.93. The van der Waals surface area contributed by atoms with Crippen molar-refractivity contribution in [3.8, 4) is 0 Å². The number of nitrogens with zero attached hydrogens (tertiary/aromatic N) is 2. The molecule has 0 aliphatic carbocycles. The minimum absolute atomic E-state index is 0.0858. The van der Waals surface area contributed by atoms with Crippen LogP contribution in [0.25, 0.3) is 0 Å². The van der Waals surface area contributed by atoms with Crippen molar-refractivity contribution in [2.45, 2.75) is 25.7 Å². The number of halogens is 3. The average molecular weight is 357 g/mol. The van der Waals surface area contributed by atoms with E-state index in [1.165, 1.54) is 12.1 Å². The lowest BCUT2D eigenvalue weighted by Crippen LogP contribution is -2.35. The van der Waals surface area contributed by atoms with Crippen LogP contribution in [0.5, 0.6) is 0 Å². The van der Waals surface area contributed by atoms with Crippen molar-refractivity contribution in [2.24, 2.45) is 0 Å². The van der Waals surface area contributed by atoms with Gasteiger partial charge in [-0.3, -0.25) is 9.59 Å². The number of hydrogen-bond acceptors (Lipinski definition) is 3. The number of imide groups is 1. The maximum absolute atomic E-state index is 13.3. The summed E-state index contributed by atoms with van der Waals surface area (Å²) in [6, 6.07) is 3.71. The largest absolute Gasteiger partial charge is 0.366 e. The zero-order valence-electron chi connectivity index (χ0n) is 12.3. The Bertz CT molecular complexity index is 697. The molecule has 122 valence electrons. The van der Waals surface area contributed by atoms with E-state index in [1.54, 1.807) is 0 Å². The highest BCUT2D eigenvalue weighted by atomic mass is 35.5. The quantitative estimate of drug-likeness (QED) is 0.759. The van der Waals surface area contributed by atoms with E-state index in [0.29, 0.717) is 13.1 Å². The molecule has 0 saturated carbocycles. The number of benzene rings is 1. The standard InChI is InChI=1S/C16H15Cl2FN2O2/c17-11-9-10(5-6-12(11)19)21-15(22)13(18)14(16(21)23)20-7-3-1-2-4-8-20/h5-6,9H,1-4,7-8H2. The highest BCUT2D eigenvalue weighted by Gasteiger charge is 2.41. The summed E-state index contributed by atoms with van der Waals surface area (Å²) < 4.78 is 13.3. The maximum atomic E-state index is 13.3. The van der Waals surface area contributed by atoms with Crippen LogP contribution in [0.1, 0.15) is 25.7 Å².